The van der Waals surface area contributed by atoms with Crippen LogP contribution >= 0.6 is 33.2 Å². The first-order chi connectivity index (χ1) is 5.75. The average molecular weight is 324 g/mol. The van der Waals surface area contributed by atoms with E-state index in [1.54, 1.807) is 0 Å². The van der Waals surface area contributed by atoms with Gasteiger partial charge in [0, 0.05) is 0 Å². The van der Waals surface area contributed by atoms with Gasteiger partial charge in [0.15, 0.2) is 0 Å². The molecule has 0 saturated carbocycles. The van der Waals surface area contributed by atoms with Crippen molar-refractivity contribution in [2.75, 3.05) is 0 Å². The van der Waals surface area contributed by atoms with Gasteiger partial charge in [-0.25, -0.2) is 0 Å². The van der Waals surface area contributed by atoms with Crippen LogP contribution in [-0.2, 0) is 0 Å². The molecular weight excluding hydrogens is 303 g/mol. The van der Waals surface area contributed by atoms with Crippen LogP contribution in [0.15, 0.2) is 0 Å². The van der Waals surface area contributed by atoms with E-state index in [9.17, 15) is 0 Å². The SMILES string of the molecule is C[Si](C)(Cl)[Si](C)([Si](C)(C)Cl)[Si](C)(C)Cl. The van der Waals surface area contributed by atoms with Crippen LogP contribution in [0.2, 0.25) is 45.8 Å². The van der Waals surface area contributed by atoms with Crippen molar-refractivity contribution in [2.24, 2.45) is 0 Å². The third-order valence-corrected chi connectivity index (χ3v) is 84.6. The Kier molecular flexibility index (Phi) is 4.72. The monoisotopic (exact) mass is 322 g/mol. The second kappa shape index (κ2) is 4.20. The lowest BCUT2D eigenvalue weighted by atomic mass is 11.9. The lowest BCUT2D eigenvalue weighted by Crippen LogP contribution is -2.78. The zero-order valence-electron chi connectivity index (χ0n) is 10.1. The van der Waals surface area contributed by atoms with Gasteiger partial charge in [-0.3, -0.25) is 0 Å². The van der Waals surface area contributed by atoms with Crippen LogP contribution in [-0.4, -0.2) is 27.3 Å². The molecule has 0 fully saturated rings. The second-order valence-electron chi connectivity index (χ2n) is 5.54. The van der Waals surface area contributed by atoms with Gasteiger partial charge in [-0.05, 0) is 0 Å². The molecule has 0 aliphatic carbocycles. The summed E-state index contributed by atoms with van der Waals surface area (Å²) in [4.78, 5) is 0. The van der Waals surface area contributed by atoms with E-state index < -0.39 is 27.3 Å². The van der Waals surface area contributed by atoms with E-state index in [0.717, 1.165) is 0 Å². The molecule has 0 aromatic rings. The van der Waals surface area contributed by atoms with E-state index in [1.807, 2.05) is 0 Å². The highest BCUT2D eigenvalue weighted by Crippen LogP contribution is 2.41. The van der Waals surface area contributed by atoms with Crippen LogP contribution in [0.25, 0.3) is 0 Å². The zero-order chi connectivity index (χ0) is 12.0. The predicted octanol–water partition coefficient (Wildman–Crippen LogP) is 4.63. The summed E-state index contributed by atoms with van der Waals surface area (Å²) < 4.78 is 0. The largest absolute Gasteiger partial charge is 0.172 e. The van der Waals surface area contributed by atoms with E-state index in [-0.39, 0.29) is 0 Å². The van der Waals surface area contributed by atoms with Crippen molar-refractivity contribution in [1.29, 1.82) is 0 Å². The average Bonchev–Trinajstić information content (AvgIpc) is 1.77. The summed E-state index contributed by atoms with van der Waals surface area (Å²) in [7, 11) is 0. The third-order valence-electron chi connectivity index (χ3n) is 3.57. The maximum absolute atomic E-state index is 6.71. The number of hydrogen-bond donors (Lipinski definition) is 0. The minimum atomic E-state index is -1.71. The number of hydrogen-bond acceptors (Lipinski definition) is 0. The molecule has 0 aromatic carbocycles. The molecule has 0 bridgehead atoms. The van der Waals surface area contributed by atoms with E-state index in [1.165, 1.54) is 0 Å². The van der Waals surface area contributed by atoms with Crippen molar-refractivity contribution in [1.82, 2.24) is 0 Å². The fraction of sp³-hybridized carbons (Fsp3) is 1.00. The Morgan fingerprint density at radius 3 is 0.643 bits per heavy atom. The molecular formula is C7H21Cl3Si4. The highest BCUT2D eigenvalue weighted by Gasteiger charge is 2.63. The van der Waals surface area contributed by atoms with Gasteiger partial charge in [0.1, 0.15) is 20.7 Å². The van der Waals surface area contributed by atoms with Crippen molar-refractivity contribution in [3.8, 4) is 0 Å². The molecule has 0 atom stereocenters. The fourth-order valence-electron chi connectivity index (χ4n) is 2.12. The van der Waals surface area contributed by atoms with Crippen LogP contribution in [0.4, 0.5) is 0 Å². The van der Waals surface area contributed by atoms with Gasteiger partial charge in [-0.2, -0.15) is 33.2 Å². The third kappa shape index (κ3) is 2.70. The quantitative estimate of drug-likeness (QED) is 0.524. The molecule has 86 valence electrons. The lowest BCUT2D eigenvalue weighted by Gasteiger charge is -2.49. The molecule has 0 aromatic heterocycles. The summed E-state index contributed by atoms with van der Waals surface area (Å²) in [6.07, 6.45) is 0. The summed E-state index contributed by atoms with van der Waals surface area (Å²) in [5, 5.41) is 0. The van der Waals surface area contributed by atoms with Crippen LogP contribution in [0.3, 0.4) is 0 Å². The topological polar surface area (TPSA) is 0 Å². The molecule has 0 aliphatic heterocycles. The van der Waals surface area contributed by atoms with E-state index in [4.69, 9.17) is 33.2 Å². The van der Waals surface area contributed by atoms with Crippen LogP contribution in [0.1, 0.15) is 0 Å². The van der Waals surface area contributed by atoms with E-state index in [2.05, 4.69) is 45.8 Å². The molecule has 0 spiro atoms. The molecule has 0 saturated heterocycles. The molecule has 0 aliphatic rings. The number of halogens is 3. The number of rotatable bonds is 3. The van der Waals surface area contributed by atoms with Gasteiger partial charge < -0.3 is 0 Å². The maximum Gasteiger partial charge on any atom is 0.139 e. The predicted molar refractivity (Wildman–Crippen MR) is 81.6 cm³/mol. The minimum Gasteiger partial charge on any atom is -0.172 e. The first-order valence-corrected chi connectivity index (χ1v) is 22.4. The Morgan fingerprint density at radius 1 is 0.500 bits per heavy atom. The molecule has 0 unspecified atom stereocenters. The van der Waals surface area contributed by atoms with Gasteiger partial charge in [-0.15, -0.1) is 0 Å². The highest BCUT2D eigenvalue weighted by atomic mass is 35.6. The Bertz CT molecular complexity index is 174. The summed E-state index contributed by atoms with van der Waals surface area (Å²) in [5.41, 5.74) is 0. The highest BCUT2D eigenvalue weighted by molar-refractivity contribution is 8.03. The summed E-state index contributed by atoms with van der Waals surface area (Å²) >= 11 is 20.1. The fourth-order valence-corrected chi connectivity index (χ4v) is 99.4. The van der Waals surface area contributed by atoms with Gasteiger partial charge in [0.2, 0.25) is 0 Å². The van der Waals surface area contributed by atoms with Crippen molar-refractivity contribution >= 4 is 60.6 Å². The smallest absolute Gasteiger partial charge is 0.139 e. The maximum atomic E-state index is 6.71. The van der Waals surface area contributed by atoms with Crippen LogP contribution in [0, 0.1) is 0 Å². The van der Waals surface area contributed by atoms with Crippen LogP contribution in [0.5, 0.6) is 0 Å². The molecule has 0 N–H and O–H groups in total. The van der Waals surface area contributed by atoms with Gasteiger partial charge in [0.05, 0.1) is 6.63 Å². The normalized spacial score (nSPS) is 15.9. The molecule has 0 rings (SSSR count). The first kappa shape index (κ1) is 15.7. The van der Waals surface area contributed by atoms with Crippen molar-refractivity contribution in [2.45, 2.75) is 45.8 Å². The standard InChI is InChI=1S/C7H21Cl3Si4/c1-11(2,8)14(7,12(3,4)9)13(5,6)10/h1-7H3. The second-order valence-corrected chi connectivity index (χ2v) is 52.7. The van der Waals surface area contributed by atoms with E-state index >= 15 is 0 Å². The molecule has 0 radical (unpaired) electrons. The Morgan fingerprint density at radius 2 is 0.643 bits per heavy atom. The summed E-state index contributed by atoms with van der Waals surface area (Å²) in [6.45, 7) is 8.98. The Labute approximate surface area is 106 Å². The molecule has 7 heteroatoms. The lowest BCUT2D eigenvalue weighted by molar-refractivity contribution is 1.89. The summed E-state index contributed by atoms with van der Waals surface area (Å²) in [6, 6.07) is 0. The Balaban J connectivity index is 5.54. The zero-order valence-corrected chi connectivity index (χ0v) is 16.4. The van der Waals surface area contributed by atoms with Crippen molar-refractivity contribution in [3.63, 3.8) is 0 Å². The first-order valence-electron chi connectivity index (χ1n) is 4.82. The van der Waals surface area contributed by atoms with Crippen LogP contribution < -0.4 is 0 Å². The van der Waals surface area contributed by atoms with Gasteiger partial charge in [-0.1, -0.05) is 45.8 Å². The van der Waals surface area contributed by atoms with Crippen molar-refractivity contribution in [3.05, 3.63) is 0 Å². The van der Waals surface area contributed by atoms with Crippen molar-refractivity contribution < 1.29 is 0 Å². The minimum absolute atomic E-state index is 1.64. The molecule has 0 heterocycles. The Hall–Kier alpha value is 1.74. The molecule has 0 amide bonds. The molecule has 0 nitrogen and oxygen atoms in total. The molecule has 14 heavy (non-hydrogen) atoms. The van der Waals surface area contributed by atoms with Gasteiger partial charge >= 0.3 is 0 Å². The van der Waals surface area contributed by atoms with Gasteiger partial charge in [0.25, 0.3) is 0 Å². The summed E-state index contributed by atoms with van der Waals surface area (Å²) in [5.74, 6) is 0. The van der Waals surface area contributed by atoms with E-state index in [0.29, 0.717) is 0 Å².